The van der Waals surface area contributed by atoms with Gasteiger partial charge in [-0.15, -0.1) is 0 Å². The maximum atomic E-state index is 12.9. The summed E-state index contributed by atoms with van der Waals surface area (Å²) in [6.45, 7) is 0.181. The van der Waals surface area contributed by atoms with E-state index in [0.717, 1.165) is 16.6 Å². The molecule has 4 rings (SSSR count). The van der Waals surface area contributed by atoms with Gasteiger partial charge >= 0.3 is 0 Å². The van der Waals surface area contributed by atoms with Gasteiger partial charge in [0.15, 0.2) is 11.7 Å². The lowest BCUT2D eigenvalue weighted by Crippen LogP contribution is -2.22. The average Bonchev–Trinajstić information content (AvgIpc) is 3.12. The number of Topliss-reactive ketones (excluding diaryl/α,β-unsaturated/α-hetero) is 1. The number of aromatic nitrogens is 2. The first-order valence-corrected chi connectivity index (χ1v) is 10.3. The maximum Gasteiger partial charge on any atom is 0.194 e. The van der Waals surface area contributed by atoms with E-state index in [1.54, 1.807) is 12.1 Å². The number of rotatable bonds is 7. The van der Waals surface area contributed by atoms with Crippen LogP contribution in [0.1, 0.15) is 17.3 Å². The van der Waals surface area contributed by atoms with Gasteiger partial charge in [-0.2, -0.15) is 5.26 Å². The van der Waals surface area contributed by atoms with Crippen LogP contribution in [0.25, 0.3) is 11.0 Å². The Bertz CT molecular complexity index is 1280. The summed E-state index contributed by atoms with van der Waals surface area (Å²) in [4.78, 5) is 17.5. The van der Waals surface area contributed by atoms with Crippen molar-refractivity contribution in [3.63, 3.8) is 0 Å². The van der Waals surface area contributed by atoms with Crippen molar-refractivity contribution in [3.8, 4) is 11.8 Å². The first-order chi connectivity index (χ1) is 15.1. The topological polar surface area (TPSA) is 67.9 Å². The summed E-state index contributed by atoms with van der Waals surface area (Å²) >= 11 is 12.0. The number of ketones is 1. The predicted octanol–water partition coefficient (Wildman–Crippen LogP) is 5.65. The van der Waals surface area contributed by atoms with Gasteiger partial charge < -0.3 is 9.30 Å². The van der Waals surface area contributed by atoms with Crippen molar-refractivity contribution in [2.24, 2.45) is 0 Å². The summed E-state index contributed by atoms with van der Waals surface area (Å²) in [7, 11) is 0. The average molecular weight is 450 g/mol. The minimum Gasteiger partial charge on any atom is -0.484 e. The highest BCUT2D eigenvalue weighted by molar-refractivity contribution is 6.35. The van der Waals surface area contributed by atoms with Crippen LogP contribution in [-0.2, 0) is 11.3 Å². The molecule has 154 valence electrons. The molecule has 31 heavy (non-hydrogen) atoms. The van der Waals surface area contributed by atoms with Gasteiger partial charge in [-0.3, -0.25) is 4.79 Å². The molecular formula is C24H17Cl2N3O2. The molecule has 4 aromatic rings. The number of hydrogen-bond donors (Lipinski definition) is 0. The van der Waals surface area contributed by atoms with Gasteiger partial charge in [0.2, 0.25) is 0 Å². The predicted molar refractivity (Wildman–Crippen MR) is 121 cm³/mol. The van der Waals surface area contributed by atoms with E-state index >= 15 is 0 Å². The largest absolute Gasteiger partial charge is 0.484 e. The lowest BCUT2D eigenvalue weighted by Gasteiger charge is -2.14. The number of halogens is 2. The maximum absolute atomic E-state index is 12.9. The summed E-state index contributed by atoms with van der Waals surface area (Å²) in [5.74, 6) is -0.766. The zero-order valence-corrected chi connectivity index (χ0v) is 17.8. The van der Waals surface area contributed by atoms with Crippen molar-refractivity contribution in [1.82, 2.24) is 9.55 Å². The number of benzene rings is 3. The molecule has 1 heterocycles. The van der Waals surface area contributed by atoms with Crippen LogP contribution in [0.5, 0.6) is 5.75 Å². The molecule has 0 bridgehead atoms. The van der Waals surface area contributed by atoms with Gasteiger partial charge in [0.25, 0.3) is 0 Å². The number of para-hydroxylation sites is 2. The summed E-state index contributed by atoms with van der Waals surface area (Å²) < 4.78 is 7.47. The first-order valence-electron chi connectivity index (χ1n) is 9.56. The van der Waals surface area contributed by atoms with Gasteiger partial charge in [-0.25, -0.2) is 4.98 Å². The monoisotopic (exact) mass is 449 g/mol. The molecular weight excluding hydrogens is 433 g/mol. The molecule has 7 heteroatoms. The minimum absolute atomic E-state index is 0.296. The van der Waals surface area contributed by atoms with Crippen molar-refractivity contribution < 1.29 is 9.53 Å². The molecule has 0 unspecified atom stereocenters. The van der Waals surface area contributed by atoms with Gasteiger partial charge in [0.1, 0.15) is 18.2 Å². The van der Waals surface area contributed by atoms with E-state index < -0.39 is 11.7 Å². The Hall–Kier alpha value is -3.33. The van der Waals surface area contributed by atoms with Gasteiger partial charge in [-0.1, -0.05) is 65.7 Å². The number of nitrogens with zero attached hydrogens (tertiary/aromatic N) is 3. The molecule has 0 N–H and O–H groups in total. The Morgan fingerprint density at radius 1 is 1.06 bits per heavy atom. The minimum atomic E-state index is -1.08. The molecule has 3 aromatic carbocycles. The number of ether oxygens (including phenoxy) is 1. The zero-order chi connectivity index (χ0) is 21.8. The molecule has 1 atom stereocenters. The molecule has 0 amide bonds. The van der Waals surface area contributed by atoms with Crippen molar-refractivity contribution in [2.45, 2.75) is 12.5 Å². The lowest BCUT2D eigenvalue weighted by atomic mass is 10.1. The van der Waals surface area contributed by atoms with E-state index in [1.807, 2.05) is 59.2 Å². The van der Waals surface area contributed by atoms with Crippen LogP contribution in [0.2, 0.25) is 10.0 Å². The standard InChI is InChI=1S/C24H17Cl2N3O2/c25-17-10-11-23(19(26)12-17)31-15-22(30)18(13-27)24-28-20-8-4-5-9-21(20)29(24)14-16-6-2-1-3-7-16/h1-12,18H,14-15H2/t18-/m1/s1. The number of nitriles is 1. The molecule has 1 aromatic heterocycles. The molecule has 0 aliphatic rings. The van der Waals surface area contributed by atoms with Crippen molar-refractivity contribution in [2.75, 3.05) is 6.61 Å². The van der Waals surface area contributed by atoms with E-state index in [9.17, 15) is 10.1 Å². The highest BCUT2D eigenvalue weighted by Crippen LogP contribution is 2.28. The van der Waals surface area contributed by atoms with Crippen LogP contribution >= 0.6 is 23.2 Å². The van der Waals surface area contributed by atoms with Crippen molar-refractivity contribution in [1.29, 1.82) is 5.26 Å². The Labute approximate surface area is 189 Å². The Kier molecular flexibility index (Phi) is 6.22. The van der Waals surface area contributed by atoms with Crippen LogP contribution in [0.3, 0.4) is 0 Å². The summed E-state index contributed by atoms with van der Waals surface area (Å²) in [6.07, 6.45) is 0. The fraction of sp³-hybridized carbons (Fsp3) is 0.125. The number of imidazole rings is 1. The highest BCUT2D eigenvalue weighted by atomic mass is 35.5. The third-order valence-electron chi connectivity index (χ3n) is 4.84. The molecule has 0 radical (unpaired) electrons. The van der Waals surface area contributed by atoms with Crippen LogP contribution in [0, 0.1) is 11.3 Å². The molecule has 0 spiro atoms. The quantitative estimate of drug-likeness (QED) is 0.365. The van der Waals surface area contributed by atoms with Gasteiger partial charge in [0, 0.05) is 11.6 Å². The number of hydrogen-bond acceptors (Lipinski definition) is 4. The van der Waals surface area contributed by atoms with Crippen molar-refractivity contribution >= 4 is 40.0 Å². The first kappa shape index (κ1) is 20.9. The lowest BCUT2D eigenvalue weighted by molar-refractivity contribution is -0.121. The number of carbonyl (C=O) groups excluding carboxylic acids is 1. The normalized spacial score (nSPS) is 11.8. The van der Waals surface area contributed by atoms with E-state index in [1.165, 1.54) is 6.07 Å². The zero-order valence-electron chi connectivity index (χ0n) is 16.3. The third kappa shape index (κ3) is 4.56. The Balaban J connectivity index is 1.64. The summed E-state index contributed by atoms with van der Waals surface area (Å²) in [5.41, 5.74) is 2.62. The van der Waals surface area contributed by atoms with Gasteiger partial charge in [0.05, 0.1) is 22.1 Å². The second kappa shape index (κ2) is 9.22. The fourth-order valence-corrected chi connectivity index (χ4v) is 3.81. The van der Waals surface area contributed by atoms with Crippen LogP contribution in [0.4, 0.5) is 0 Å². The van der Waals surface area contributed by atoms with E-state index in [2.05, 4.69) is 11.1 Å². The number of fused-ring (bicyclic) bond motifs is 1. The molecule has 0 saturated carbocycles. The Morgan fingerprint density at radius 3 is 2.55 bits per heavy atom. The van der Waals surface area contributed by atoms with E-state index in [-0.39, 0.29) is 6.61 Å². The molecule has 0 aliphatic carbocycles. The summed E-state index contributed by atoms with van der Waals surface area (Å²) in [5, 5.41) is 10.6. The van der Waals surface area contributed by atoms with E-state index in [4.69, 9.17) is 27.9 Å². The van der Waals surface area contributed by atoms with Crippen LogP contribution in [0.15, 0.2) is 72.8 Å². The second-order valence-corrected chi connectivity index (χ2v) is 7.77. The molecule has 0 aliphatic heterocycles. The van der Waals surface area contributed by atoms with Crippen LogP contribution < -0.4 is 4.74 Å². The molecule has 0 saturated heterocycles. The van der Waals surface area contributed by atoms with Crippen LogP contribution in [-0.4, -0.2) is 21.9 Å². The Morgan fingerprint density at radius 2 is 1.81 bits per heavy atom. The summed E-state index contributed by atoms with van der Waals surface area (Å²) in [6, 6.07) is 24.2. The highest BCUT2D eigenvalue weighted by Gasteiger charge is 2.27. The van der Waals surface area contributed by atoms with Crippen molar-refractivity contribution in [3.05, 3.63) is 94.2 Å². The second-order valence-electron chi connectivity index (χ2n) is 6.92. The van der Waals surface area contributed by atoms with E-state index in [0.29, 0.717) is 28.2 Å². The molecule has 0 fully saturated rings. The number of carbonyl (C=O) groups is 1. The fourth-order valence-electron chi connectivity index (χ4n) is 3.34. The SMILES string of the molecule is N#C[C@H](C(=O)COc1ccc(Cl)cc1Cl)c1nc2ccccc2n1Cc1ccccc1. The smallest absolute Gasteiger partial charge is 0.194 e. The third-order valence-corrected chi connectivity index (χ3v) is 5.37. The van der Waals surface area contributed by atoms with Gasteiger partial charge in [-0.05, 0) is 35.9 Å². The molecule has 5 nitrogen and oxygen atoms in total.